The summed E-state index contributed by atoms with van der Waals surface area (Å²) in [5, 5.41) is 15.6. The Morgan fingerprint density at radius 3 is 2.58 bits per heavy atom. The van der Waals surface area contributed by atoms with Gasteiger partial charge in [0.15, 0.2) is 0 Å². The molecule has 0 fully saturated rings. The molecule has 3 aromatic carbocycles. The van der Waals surface area contributed by atoms with Crippen molar-refractivity contribution in [2.24, 2.45) is 5.10 Å². The van der Waals surface area contributed by atoms with Gasteiger partial charge in [0.2, 0.25) is 0 Å². The molecule has 4 rings (SSSR count). The maximum absolute atomic E-state index is 12.9. The number of nitrogens with one attached hydrogen (secondary N) is 1. The lowest BCUT2D eigenvalue weighted by atomic mass is 10.0. The SMILES string of the molecule is Cc1ccc(-c2cc(C(=O)NN=Cc3cccc([N+](=O)[O-])c3)c3ccccc3n2)cc1. The molecular formula is C24H18N4O3. The summed E-state index contributed by atoms with van der Waals surface area (Å²) in [6, 6.07) is 23.1. The third-order valence-corrected chi connectivity index (χ3v) is 4.77. The van der Waals surface area contributed by atoms with Crippen molar-refractivity contribution >= 4 is 28.7 Å². The van der Waals surface area contributed by atoms with Crippen molar-refractivity contribution in [2.45, 2.75) is 6.92 Å². The average molecular weight is 410 g/mol. The van der Waals surface area contributed by atoms with Crippen LogP contribution in [0.25, 0.3) is 22.2 Å². The molecule has 0 unspecified atom stereocenters. The number of nitrogens with zero attached hydrogens (tertiary/aromatic N) is 3. The van der Waals surface area contributed by atoms with E-state index in [9.17, 15) is 14.9 Å². The minimum Gasteiger partial charge on any atom is -0.267 e. The highest BCUT2D eigenvalue weighted by atomic mass is 16.6. The Labute approximate surface area is 178 Å². The van der Waals surface area contributed by atoms with Crippen LogP contribution in [0.3, 0.4) is 0 Å². The van der Waals surface area contributed by atoms with Gasteiger partial charge in [-0.25, -0.2) is 10.4 Å². The van der Waals surface area contributed by atoms with E-state index >= 15 is 0 Å². The van der Waals surface area contributed by atoms with Crippen LogP contribution in [0.5, 0.6) is 0 Å². The molecule has 0 saturated heterocycles. The molecule has 0 bridgehead atoms. The third kappa shape index (κ3) is 4.45. The fourth-order valence-electron chi connectivity index (χ4n) is 3.18. The summed E-state index contributed by atoms with van der Waals surface area (Å²) in [5.74, 6) is -0.395. The molecule has 0 spiro atoms. The van der Waals surface area contributed by atoms with Crippen molar-refractivity contribution in [2.75, 3.05) is 0 Å². The summed E-state index contributed by atoms with van der Waals surface area (Å²) >= 11 is 0. The fourth-order valence-corrected chi connectivity index (χ4v) is 3.18. The first kappa shape index (κ1) is 19.9. The zero-order valence-corrected chi connectivity index (χ0v) is 16.6. The highest BCUT2D eigenvalue weighted by molar-refractivity contribution is 6.07. The largest absolute Gasteiger partial charge is 0.272 e. The van der Waals surface area contributed by atoms with Gasteiger partial charge in [-0.2, -0.15) is 5.10 Å². The maximum Gasteiger partial charge on any atom is 0.272 e. The number of nitro benzene ring substituents is 1. The van der Waals surface area contributed by atoms with Gasteiger partial charge in [0, 0.05) is 28.6 Å². The van der Waals surface area contributed by atoms with Crippen LogP contribution in [0.15, 0.2) is 84.0 Å². The second kappa shape index (κ2) is 8.54. The van der Waals surface area contributed by atoms with E-state index in [2.05, 4.69) is 15.5 Å². The van der Waals surface area contributed by atoms with Gasteiger partial charge in [0.25, 0.3) is 11.6 Å². The molecule has 0 atom stereocenters. The number of fused-ring (bicyclic) bond motifs is 1. The third-order valence-electron chi connectivity index (χ3n) is 4.77. The van der Waals surface area contributed by atoms with Crippen molar-refractivity contribution in [3.05, 3.63) is 106 Å². The number of rotatable bonds is 5. The van der Waals surface area contributed by atoms with E-state index in [1.165, 1.54) is 18.3 Å². The molecule has 0 saturated carbocycles. The second-order valence-electron chi connectivity index (χ2n) is 6.99. The number of pyridine rings is 1. The van der Waals surface area contributed by atoms with E-state index in [0.29, 0.717) is 27.7 Å². The summed E-state index contributed by atoms with van der Waals surface area (Å²) in [4.78, 5) is 28.0. The molecule has 7 nitrogen and oxygen atoms in total. The van der Waals surface area contributed by atoms with Crippen molar-refractivity contribution < 1.29 is 9.72 Å². The topological polar surface area (TPSA) is 97.5 Å². The summed E-state index contributed by atoms with van der Waals surface area (Å²) in [6.45, 7) is 2.01. The lowest BCUT2D eigenvalue weighted by molar-refractivity contribution is -0.384. The van der Waals surface area contributed by atoms with Crippen LogP contribution in [0.4, 0.5) is 5.69 Å². The van der Waals surface area contributed by atoms with E-state index in [-0.39, 0.29) is 5.69 Å². The predicted molar refractivity (Wildman–Crippen MR) is 120 cm³/mol. The Hall–Kier alpha value is -4.39. The number of hydrogen-bond acceptors (Lipinski definition) is 5. The Kier molecular flexibility index (Phi) is 5.49. The summed E-state index contributed by atoms with van der Waals surface area (Å²) < 4.78 is 0. The number of non-ortho nitro benzene ring substituents is 1. The van der Waals surface area contributed by atoms with Gasteiger partial charge in [-0.3, -0.25) is 14.9 Å². The van der Waals surface area contributed by atoms with Gasteiger partial charge >= 0.3 is 0 Å². The number of aryl methyl sites for hydroxylation is 1. The van der Waals surface area contributed by atoms with Crippen molar-refractivity contribution in [1.29, 1.82) is 0 Å². The van der Waals surface area contributed by atoms with E-state index in [4.69, 9.17) is 0 Å². The van der Waals surface area contributed by atoms with Crippen LogP contribution >= 0.6 is 0 Å². The monoisotopic (exact) mass is 410 g/mol. The highest BCUT2D eigenvalue weighted by Gasteiger charge is 2.13. The van der Waals surface area contributed by atoms with Gasteiger partial charge in [0.1, 0.15) is 0 Å². The quantitative estimate of drug-likeness (QED) is 0.288. The molecule has 0 aliphatic carbocycles. The molecule has 0 aliphatic rings. The van der Waals surface area contributed by atoms with E-state index in [0.717, 1.165) is 11.1 Å². The maximum atomic E-state index is 12.9. The zero-order chi connectivity index (χ0) is 21.8. The lowest BCUT2D eigenvalue weighted by Gasteiger charge is -2.09. The molecule has 1 aromatic heterocycles. The first-order chi connectivity index (χ1) is 15.0. The Morgan fingerprint density at radius 2 is 1.81 bits per heavy atom. The van der Waals surface area contributed by atoms with Crippen LogP contribution < -0.4 is 5.43 Å². The standard InChI is InChI=1S/C24H18N4O3/c1-16-9-11-18(12-10-16)23-14-21(20-7-2-3-8-22(20)26-23)24(29)27-25-15-17-5-4-6-19(13-17)28(30)31/h2-15H,1H3,(H,27,29). The molecule has 1 amide bonds. The molecule has 31 heavy (non-hydrogen) atoms. The number of para-hydroxylation sites is 1. The zero-order valence-electron chi connectivity index (χ0n) is 16.6. The van der Waals surface area contributed by atoms with Crippen molar-refractivity contribution in [1.82, 2.24) is 10.4 Å². The van der Waals surface area contributed by atoms with Gasteiger partial charge in [0.05, 0.1) is 27.9 Å². The molecule has 1 heterocycles. The van der Waals surface area contributed by atoms with Crippen LogP contribution in [0, 0.1) is 17.0 Å². The lowest BCUT2D eigenvalue weighted by Crippen LogP contribution is -2.18. The molecule has 0 aliphatic heterocycles. The normalized spacial score (nSPS) is 11.0. The first-order valence-corrected chi connectivity index (χ1v) is 9.56. The number of aromatic nitrogens is 1. The molecule has 0 radical (unpaired) electrons. The van der Waals surface area contributed by atoms with E-state index in [1.54, 1.807) is 18.2 Å². The summed E-state index contributed by atoms with van der Waals surface area (Å²) in [7, 11) is 0. The minimum atomic E-state index is -0.481. The van der Waals surface area contributed by atoms with Crippen LogP contribution in [-0.4, -0.2) is 22.0 Å². The number of hydrogen-bond donors (Lipinski definition) is 1. The van der Waals surface area contributed by atoms with Gasteiger partial charge in [-0.1, -0.05) is 60.2 Å². The second-order valence-corrected chi connectivity index (χ2v) is 6.99. The van der Waals surface area contributed by atoms with Crippen LogP contribution in [-0.2, 0) is 0 Å². The predicted octanol–water partition coefficient (Wildman–Crippen LogP) is 4.88. The number of hydrazone groups is 1. The number of carbonyl (C=O) groups is 1. The minimum absolute atomic E-state index is 0.0434. The molecule has 1 N–H and O–H groups in total. The number of amides is 1. The number of carbonyl (C=O) groups excluding carboxylic acids is 1. The summed E-state index contributed by atoms with van der Waals surface area (Å²) in [5.41, 5.74) is 6.85. The van der Waals surface area contributed by atoms with E-state index < -0.39 is 10.8 Å². The number of nitro groups is 1. The van der Waals surface area contributed by atoms with Crippen molar-refractivity contribution in [3.8, 4) is 11.3 Å². The first-order valence-electron chi connectivity index (χ1n) is 9.56. The molecule has 7 heteroatoms. The molecular weight excluding hydrogens is 392 g/mol. The Morgan fingerprint density at radius 1 is 1.03 bits per heavy atom. The van der Waals surface area contributed by atoms with Crippen LogP contribution in [0.1, 0.15) is 21.5 Å². The van der Waals surface area contributed by atoms with Gasteiger partial charge in [-0.05, 0) is 19.1 Å². The average Bonchev–Trinajstić information content (AvgIpc) is 2.79. The molecule has 152 valence electrons. The highest BCUT2D eigenvalue weighted by Crippen LogP contribution is 2.25. The number of benzene rings is 3. The van der Waals surface area contributed by atoms with Gasteiger partial charge in [-0.15, -0.1) is 0 Å². The molecule has 4 aromatic rings. The van der Waals surface area contributed by atoms with Crippen molar-refractivity contribution in [3.63, 3.8) is 0 Å². The van der Waals surface area contributed by atoms with Crippen LogP contribution in [0.2, 0.25) is 0 Å². The van der Waals surface area contributed by atoms with E-state index in [1.807, 2.05) is 55.5 Å². The Balaban J connectivity index is 1.65. The fraction of sp³-hybridized carbons (Fsp3) is 0.0417. The smallest absolute Gasteiger partial charge is 0.267 e. The van der Waals surface area contributed by atoms with Gasteiger partial charge < -0.3 is 0 Å². The summed E-state index contributed by atoms with van der Waals surface area (Å²) in [6.07, 6.45) is 1.37. The Bertz CT molecular complexity index is 1310.